The summed E-state index contributed by atoms with van der Waals surface area (Å²) < 4.78 is 0.847. The molecule has 1 fully saturated rings. The van der Waals surface area contributed by atoms with E-state index in [1.54, 1.807) is 0 Å². The van der Waals surface area contributed by atoms with Gasteiger partial charge in [0, 0.05) is 11.0 Å². The first-order valence-corrected chi connectivity index (χ1v) is 6.11. The van der Waals surface area contributed by atoms with Gasteiger partial charge in [0.15, 0.2) is 0 Å². The van der Waals surface area contributed by atoms with Crippen LogP contribution in [0.15, 0.2) is 22.7 Å². The third-order valence-corrected chi connectivity index (χ3v) is 4.00. The van der Waals surface area contributed by atoms with Crippen molar-refractivity contribution in [1.82, 2.24) is 0 Å². The second-order valence-corrected chi connectivity index (χ2v) is 4.87. The summed E-state index contributed by atoms with van der Waals surface area (Å²) >= 11 is 3.43. The molecule has 0 spiro atoms. The number of nitrogens with zero attached hydrogens (tertiary/aromatic N) is 1. The highest BCUT2D eigenvalue weighted by molar-refractivity contribution is 9.10. The number of halogens is 1. The van der Waals surface area contributed by atoms with Crippen molar-refractivity contribution in [3.63, 3.8) is 0 Å². The fourth-order valence-electron chi connectivity index (χ4n) is 1.99. The van der Waals surface area contributed by atoms with Crippen molar-refractivity contribution in [3.8, 4) is 0 Å². The van der Waals surface area contributed by atoms with E-state index >= 15 is 0 Å². The molecule has 4 nitrogen and oxygen atoms in total. The van der Waals surface area contributed by atoms with E-state index < -0.39 is 11.9 Å². The van der Waals surface area contributed by atoms with Crippen molar-refractivity contribution in [2.75, 3.05) is 11.4 Å². The fraction of sp³-hybridized carbons (Fsp3) is 0.333. The van der Waals surface area contributed by atoms with Crippen LogP contribution in [-0.4, -0.2) is 23.5 Å². The number of hydrogen-bond donors (Lipinski definition) is 1. The molecule has 1 aromatic carbocycles. The largest absolute Gasteiger partial charge is 0.481 e. The molecule has 1 aliphatic heterocycles. The summed E-state index contributed by atoms with van der Waals surface area (Å²) in [5.74, 6) is -2.27. The zero-order valence-electron chi connectivity index (χ0n) is 9.31. The molecule has 1 atom stereocenters. The van der Waals surface area contributed by atoms with E-state index in [-0.39, 0.29) is 5.91 Å². The first-order chi connectivity index (χ1) is 8.02. The molecule has 17 heavy (non-hydrogen) atoms. The smallest absolute Gasteiger partial charge is 0.316 e. The Balaban J connectivity index is 2.34. The number of carboxylic acids is 1. The van der Waals surface area contributed by atoms with Crippen LogP contribution in [0.25, 0.3) is 0 Å². The molecule has 0 aromatic heterocycles. The highest BCUT2D eigenvalue weighted by Crippen LogP contribution is 2.33. The van der Waals surface area contributed by atoms with E-state index in [0.29, 0.717) is 13.0 Å². The number of aliphatic carboxylic acids is 1. The molecule has 1 saturated heterocycles. The van der Waals surface area contributed by atoms with Gasteiger partial charge in [0.2, 0.25) is 5.91 Å². The van der Waals surface area contributed by atoms with Gasteiger partial charge in [0.05, 0.1) is 5.69 Å². The summed E-state index contributed by atoms with van der Waals surface area (Å²) in [5.41, 5.74) is 1.77. The number of aryl methyl sites for hydroxylation is 1. The molecule has 1 aromatic rings. The lowest BCUT2D eigenvalue weighted by Gasteiger charge is -2.18. The predicted molar refractivity (Wildman–Crippen MR) is 67.0 cm³/mol. The molecule has 90 valence electrons. The number of carboxylic acid groups (broad SMARTS) is 1. The first-order valence-electron chi connectivity index (χ1n) is 5.31. The third kappa shape index (κ3) is 2.07. The van der Waals surface area contributed by atoms with Crippen LogP contribution in [0.5, 0.6) is 0 Å². The van der Waals surface area contributed by atoms with E-state index in [4.69, 9.17) is 5.11 Å². The number of carbonyl (C=O) groups excluding carboxylic acids is 1. The second kappa shape index (κ2) is 4.49. The van der Waals surface area contributed by atoms with Crippen LogP contribution in [0, 0.1) is 12.8 Å². The maximum Gasteiger partial charge on any atom is 0.316 e. The van der Waals surface area contributed by atoms with E-state index in [0.717, 1.165) is 15.7 Å². The van der Waals surface area contributed by atoms with Crippen LogP contribution >= 0.6 is 15.9 Å². The van der Waals surface area contributed by atoms with E-state index in [2.05, 4.69) is 15.9 Å². The predicted octanol–water partition coefficient (Wildman–Crippen LogP) is 2.20. The lowest BCUT2D eigenvalue weighted by atomic mass is 10.1. The summed E-state index contributed by atoms with van der Waals surface area (Å²) in [5, 5.41) is 8.91. The highest BCUT2D eigenvalue weighted by atomic mass is 79.9. The SMILES string of the molecule is Cc1cccc(N2CCC(C(=O)O)C2=O)c1Br. The molecule has 0 bridgehead atoms. The normalized spacial score (nSPS) is 19.8. The second-order valence-electron chi connectivity index (χ2n) is 4.08. The van der Waals surface area contributed by atoms with Crippen molar-refractivity contribution in [2.24, 2.45) is 5.92 Å². The Labute approximate surface area is 107 Å². The lowest BCUT2D eigenvalue weighted by molar-refractivity contribution is -0.144. The summed E-state index contributed by atoms with van der Waals surface area (Å²) in [4.78, 5) is 24.4. The van der Waals surface area contributed by atoms with Crippen molar-refractivity contribution >= 4 is 33.5 Å². The average Bonchev–Trinajstić information content (AvgIpc) is 2.64. The van der Waals surface area contributed by atoms with Gasteiger partial charge >= 0.3 is 5.97 Å². The maximum atomic E-state index is 11.9. The Hall–Kier alpha value is -1.36. The van der Waals surface area contributed by atoms with Crippen LogP contribution < -0.4 is 4.90 Å². The van der Waals surface area contributed by atoms with Crippen LogP contribution in [0.1, 0.15) is 12.0 Å². The molecule has 0 saturated carbocycles. The maximum absolute atomic E-state index is 11.9. The van der Waals surface area contributed by atoms with Gasteiger partial charge in [-0.25, -0.2) is 0 Å². The van der Waals surface area contributed by atoms with Gasteiger partial charge in [-0.05, 0) is 40.9 Å². The summed E-state index contributed by atoms with van der Waals surface area (Å²) in [7, 11) is 0. The Morgan fingerprint density at radius 2 is 2.24 bits per heavy atom. The minimum absolute atomic E-state index is 0.330. The minimum atomic E-state index is -1.04. The van der Waals surface area contributed by atoms with Gasteiger partial charge in [-0.2, -0.15) is 0 Å². The zero-order chi connectivity index (χ0) is 12.6. The molecule has 0 aliphatic carbocycles. The van der Waals surface area contributed by atoms with Crippen LogP contribution in [0.4, 0.5) is 5.69 Å². The summed E-state index contributed by atoms with van der Waals surface area (Å²) in [6.07, 6.45) is 0.370. The quantitative estimate of drug-likeness (QED) is 0.852. The molecule has 0 radical (unpaired) electrons. The molecular formula is C12H12BrNO3. The molecule has 1 N–H and O–H groups in total. The number of amides is 1. The molecule has 5 heteroatoms. The number of hydrogen-bond acceptors (Lipinski definition) is 2. The van der Waals surface area contributed by atoms with E-state index in [9.17, 15) is 9.59 Å². The number of anilines is 1. The van der Waals surface area contributed by atoms with E-state index in [1.807, 2.05) is 25.1 Å². The van der Waals surface area contributed by atoms with Gasteiger partial charge in [-0.3, -0.25) is 9.59 Å². The average molecular weight is 298 g/mol. The molecule has 1 unspecified atom stereocenters. The first kappa shape index (κ1) is 12.1. The molecule has 1 heterocycles. The monoisotopic (exact) mass is 297 g/mol. The highest BCUT2D eigenvalue weighted by Gasteiger charge is 2.38. The molecule has 1 amide bonds. The topological polar surface area (TPSA) is 57.6 Å². The van der Waals surface area contributed by atoms with Crippen molar-refractivity contribution in [1.29, 1.82) is 0 Å². The lowest BCUT2D eigenvalue weighted by Crippen LogP contribution is -2.30. The Kier molecular flexibility index (Phi) is 3.19. The van der Waals surface area contributed by atoms with E-state index in [1.165, 1.54) is 4.90 Å². The molecular weight excluding hydrogens is 286 g/mol. The molecule has 2 rings (SSSR count). The Morgan fingerprint density at radius 3 is 2.82 bits per heavy atom. The standard InChI is InChI=1S/C12H12BrNO3/c1-7-3-2-4-9(10(7)13)14-6-5-8(11(14)15)12(16)17/h2-4,8H,5-6H2,1H3,(H,16,17). The molecule has 1 aliphatic rings. The summed E-state index contributed by atoms with van der Waals surface area (Å²) in [6.45, 7) is 2.39. The van der Waals surface area contributed by atoms with Gasteiger partial charge in [0.25, 0.3) is 0 Å². The van der Waals surface area contributed by atoms with Crippen molar-refractivity contribution in [2.45, 2.75) is 13.3 Å². The van der Waals surface area contributed by atoms with Crippen LogP contribution in [-0.2, 0) is 9.59 Å². The Morgan fingerprint density at radius 1 is 1.53 bits per heavy atom. The zero-order valence-corrected chi connectivity index (χ0v) is 10.9. The number of carbonyl (C=O) groups is 2. The van der Waals surface area contributed by atoms with Gasteiger partial charge in [-0.1, -0.05) is 12.1 Å². The van der Waals surface area contributed by atoms with Crippen molar-refractivity contribution < 1.29 is 14.7 Å². The summed E-state index contributed by atoms with van der Waals surface area (Å²) in [6, 6.07) is 5.61. The van der Waals surface area contributed by atoms with Gasteiger partial charge in [-0.15, -0.1) is 0 Å². The van der Waals surface area contributed by atoms with Crippen molar-refractivity contribution in [3.05, 3.63) is 28.2 Å². The van der Waals surface area contributed by atoms with Crippen LogP contribution in [0.2, 0.25) is 0 Å². The fourth-order valence-corrected chi connectivity index (χ4v) is 2.47. The van der Waals surface area contributed by atoms with Crippen LogP contribution in [0.3, 0.4) is 0 Å². The number of benzene rings is 1. The number of rotatable bonds is 2. The van der Waals surface area contributed by atoms with Gasteiger partial charge in [0.1, 0.15) is 5.92 Å². The minimum Gasteiger partial charge on any atom is -0.481 e. The van der Waals surface area contributed by atoms with Gasteiger partial charge < -0.3 is 10.0 Å². The Bertz CT molecular complexity index is 487. The third-order valence-electron chi connectivity index (χ3n) is 2.97.